The lowest BCUT2D eigenvalue weighted by Crippen LogP contribution is -2.47. The van der Waals surface area contributed by atoms with Gasteiger partial charge in [0.05, 0.1) is 0 Å². The van der Waals surface area contributed by atoms with Crippen LogP contribution in [-0.4, -0.2) is 30.1 Å². The van der Waals surface area contributed by atoms with Crippen LogP contribution >= 0.6 is 15.9 Å². The maximum Gasteiger partial charge on any atom is 0.331 e. The molecule has 1 aliphatic carbocycles. The monoisotopic (exact) mass is 408 g/mol. The third-order valence-electron chi connectivity index (χ3n) is 3.87. The molecule has 1 atom stereocenters. The van der Waals surface area contributed by atoms with E-state index in [0.29, 0.717) is 0 Å². The number of rotatable bonds is 5. The van der Waals surface area contributed by atoms with Gasteiger partial charge in [-0.2, -0.15) is 0 Å². The summed E-state index contributed by atoms with van der Waals surface area (Å²) < 4.78 is 5.94. The lowest BCUT2D eigenvalue weighted by molar-refractivity contribution is -0.149. The maximum absolute atomic E-state index is 11.9. The van der Waals surface area contributed by atoms with Gasteiger partial charge in [-0.1, -0.05) is 40.9 Å². The molecular weight excluding hydrogens is 388 g/mol. The van der Waals surface area contributed by atoms with E-state index in [0.717, 1.165) is 35.7 Å². The molecule has 0 aromatic heterocycles. The van der Waals surface area contributed by atoms with Crippen molar-refractivity contribution in [1.82, 2.24) is 10.6 Å². The molecule has 0 unspecified atom stereocenters. The highest BCUT2D eigenvalue weighted by atomic mass is 79.9. The molecule has 7 heteroatoms. The molecule has 134 valence electrons. The Labute approximate surface area is 155 Å². The minimum absolute atomic E-state index is 0.111. The predicted molar refractivity (Wildman–Crippen MR) is 97.7 cm³/mol. The lowest BCUT2D eigenvalue weighted by Gasteiger charge is -2.15. The van der Waals surface area contributed by atoms with E-state index in [2.05, 4.69) is 26.6 Å². The Morgan fingerprint density at radius 3 is 2.48 bits per heavy atom. The number of urea groups is 1. The van der Waals surface area contributed by atoms with Gasteiger partial charge in [-0.3, -0.25) is 10.1 Å². The zero-order valence-electron chi connectivity index (χ0n) is 14.0. The topological polar surface area (TPSA) is 84.5 Å². The van der Waals surface area contributed by atoms with Crippen molar-refractivity contribution in [1.29, 1.82) is 0 Å². The molecule has 0 saturated heterocycles. The van der Waals surface area contributed by atoms with Gasteiger partial charge in [-0.05, 0) is 43.5 Å². The molecule has 0 spiro atoms. The molecule has 0 heterocycles. The van der Waals surface area contributed by atoms with Gasteiger partial charge in [0, 0.05) is 16.6 Å². The van der Waals surface area contributed by atoms with E-state index in [1.54, 1.807) is 6.08 Å². The number of esters is 1. The summed E-state index contributed by atoms with van der Waals surface area (Å²) in [6.07, 6.45) is 5.78. The summed E-state index contributed by atoms with van der Waals surface area (Å²) in [5.74, 6) is -1.30. The number of carbonyl (C=O) groups excluding carboxylic acids is 3. The van der Waals surface area contributed by atoms with Crippen molar-refractivity contribution in [3.8, 4) is 0 Å². The van der Waals surface area contributed by atoms with E-state index >= 15 is 0 Å². The number of hydrogen-bond donors (Lipinski definition) is 2. The van der Waals surface area contributed by atoms with Crippen molar-refractivity contribution in [3.05, 3.63) is 40.4 Å². The molecule has 1 aromatic rings. The minimum atomic E-state index is -1.06. The summed E-state index contributed by atoms with van der Waals surface area (Å²) in [5, 5.41) is 4.94. The van der Waals surface area contributed by atoms with Crippen molar-refractivity contribution in [2.75, 3.05) is 0 Å². The predicted octanol–water partition coefficient (Wildman–Crippen LogP) is 3.16. The second-order valence-electron chi connectivity index (χ2n) is 5.91. The van der Waals surface area contributed by atoms with Crippen LogP contribution in [0.3, 0.4) is 0 Å². The smallest absolute Gasteiger partial charge is 0.331 e. The van der Waals surface area contributed by atoms with Gasteiger partial charge in [0.15, 0.2) is 6.10 Å². The number of amides is 3. The summed E-state index contributed by atoms with van der Waals surface area (Å²) in [5.41, 5.74) is 0.827. The van der Waals surface area contributed by atoms with Crippen LogP contribution in [0.1, 0.15) is 38.2 Å². The molecule has 1 saturated carbocycles. The first-order valence-electron chi connectivity index (χ1n) is 8.19. The minimum Gasteiger partial charge on any atom is -0.449 e. The number of nitrogens with one attached hydrogen (secondary N) is 2. The zero-order chi connectivity index (χ0) is 18.2. The Bertz CT molecular complexity index is 652. The fourth-order valence-electron chi connectivity index (χ4n) is 2.51. The summed E-state index contributed by atoms with van der Waals surface area (Å²) >= 11 is 3.33. The fourth-order valence-corrected chi connectivity index (χ4v) is 2.77. The van der Waals surface area contributed by atoms with Crippen LogP contribution in [0.15, 0.2) is 34.8 Å². The van der Waals surface area contributed by atoms with E-state index in [-0.39, 0.29) is 6.04 Å². The zero-order valence-corrected chi connectivity index (χ0v) is 15.5. The normalized spacial score (nSPS) is 15.8. The molecule has 1 aromatic carbocycles. The van der Waals surface area contributed by atoms with Gasteiger partial charge in [0.25, 0.3) is 5.91 Å². The number of hydrogen-bond acceptors (Lipinski definition) is 4. The number of ether oxygens (including phenoxy) is 1. The van der Waals surface area contributed by atoms with Crippen molar-refractivity contribution in [3.63, 3.8) is 0 Å². The van der Waals surface area contributed by atoms with Crippen molar-refractivity contribution in [2.24, 2.45) is 0 Å². The van der Waals surface area contributed by atoms with E-state index in [1.165, 1.54) is 13.0 Å². The molecule has 0 aliphatic heterocycles. The third-order valence-corrected chi connectivity index (χ3v) is 4.40. The quantitative estimate of drug-likeness (QED) is 0.578. The van der Waals surface area contributed by atoms with E-state index < -0.39 is 24.0 Å². The highest BCUT2D eigenvalue weighted by Crippen LogP contribution is 2.17. The summed E-state index contributed by atoms with van der Waals surface area (Å²) in [4.78, 5) is 35.4. The Hall–Kier alpha value is -2.15. The largest absolute Gasteiger partial charge is 0.449 e. The lowest BCUT2D eigenvalue weighted by atomic mass is 10.2. The van der Waals surface area contributed by atoms with Gasteiger partial charge in [-0.15, -0.1) is 0 Å². The Morgan fingerprint density at radius 2 is 1.84 bits per heavy atom. The Balaban J connectivity index is 1.76. The van der Waals surface area contributed by atoms with Crippen molar-refractivity contribution < 1.29 is 19.1 Å². The molecule has 2 N–H and O–H groups in total. The van der Waals surface area contributed by atoms with Crippen LogP contribution < -0.4 is 10.6 Å². The molecule has 25 heavy (non-hydrogen) atoms. The van der Waals surface area contributed by atoms with Crippen LogP contribution in [0.4, 0.5) is 4.79 Å². The van der Waals surface area contributed by atoms with Gasteiger partial charge in [0.1, 0.15) is 0 Å². The van der Waals surface area contributed by atoms with Gasteiger partial charge < -0.3 is 10.1 Å². The average Bonchev–Trinajstić information content (AvgIpc) is 3.07. The maximum atomic E-state index is 11.9. The van der Waals surface area contributed by atoms with E-state index in [4.69, 9.17) is 4.74 Å². The molecular formula is C18H21BrN2O4. The number of benzene rings is 1. The molecule has 3 amide bonds. The van der Waals surface area contributed by atoms with Gasteiger partial charge >= 0.3 is 12.0 Å². The second kappa shape index (κ2) is 9.36. The van der Waals surface area contributed by atoms with Gasteiger partial charge in [0.2, 0.25) is 0 Å². The SMILES string of the molecule is C[C@H](OC(=O)/C=C/c1ccc(Br)cc1)C(=O)NC(=O)NC1CCCC1. The van der Waals surface area contributed by atoms with Crippen LogP contribution in [0, 0.1) is 0 Å². The van der Waals surface area contributed by atoms with E-state index in [1.807, 2.05) is 24.3 Å². The first-order chi connectivity index (χ1) is 11.9. The summed E-state index contributed by atoms with van der Waals surface area (Å²) in [6, 6.07) is 6.92. The van der Waals surface area contributed by atoms with Crippen LogP contribution in [0.25, 0.3) is 6.08 Å². The Morgan fingerprint density at radius 1 is 1.20 bits per heavy atom. The van der Waals surface area contributed by atoms with Crippen LogP contribution in [-0.2, 0) is 14.3 Å². The van der Waals surface area contributed by atoms with Crippen LogP contribution in [0.2, 0.25) is 0 Å². The third kappa shape index (κ3) is 6.70. The standard InChI is InChI=1S/C18H21BrN2O4/c1-12(17(23)21-18(24)20-15-4-2-3-5-15)25-16(22)11-8-13-6-9-14(19)10-7-13/h6-12,15H,2-5H2,1H3,(H2,20,21,23,24)/b11-8+/t12-/m0/s1. The van der Waals surface area contributed by atoms with Crippen molar-refractivity contribution in [2.45, 2.75) is 44.8 Å². The number of imide groups is 1. The average molecular weight is 409 g/mol. The first-order valence-corrected chi connectivity index (χ1v) is 8.99. The number of carbonyl (C=O) groups is 3. The second-order valence-corrected chi connectivity index (χ2v) is 6.82. The van der Waals surface area contributed by atoms with E-state index in [9.17, 15) is 14.4 Å². The highest BCUT2D eigenvalue weighted by Gasteiger charge is 2.22. The number of halogens is 1. The molecule has 1 aliphatic rings. The molecule has 6 nitrogen and oxygen atoms in total. The van der Waals surface area contributed by atoms with Crippen LogP contribution in [0.5, 0.6) is 0 Å². The molecule has 1 fully saturated rings. The molecule has 2 rings (SSSR count). The molecule has 0 radical (unpaired) electrons. The van der Waals surface area contributed by atoms with Gasteiger partial charge in [-0.25, -0.2) is 9.59 Å². The molecule has 0 bridgehead atoms. The summed E-state index contributed by atoms with van der Waals surface area (Å²) in [7, 11) is 0. The summed E-state index contributed by atoms with van der Waals surface area (Å²) in [6.45, 7) is 1.42. The fraction of sp³-hybridized carbons (Fsp3) is 0.389. The highest BCUT2D eigenvalue weighted by molar-refractivity contribution is 9.10. The Kier molecular flexibility index (Phi) is 7.18. The first kappa shape index (κ1) is 19.2. The van der Waals surface area contributed by atoms with Crippen molar-refractivity contribution >= 4 is 39.9 Å².